The Bertz CT molecular complexity index is 613. The molecule has 2 nitrogen and oxygen atoms in total. The van der Waals surface area contributed by atoms with Crippen molar-refractivity contribution in [3.63, 3.8) is 0 Å². The van der Waals surface area contributed by atoms with Crippen molar-refractivity contribution in [1.82, 2.24) is 0 Å². The molecule has 0 atom stereocenters. The Labute approximate surface area is 116 Å². The van der Waals surface area contributed by atoms with Crippen molar-refractivity contribution >= 4 is 23.2 Å². The molecule has 2 rings (SSSR count). The van der Waals surface area contributed by atoms with Crippen LogP contribution < -0.4 is 5.32 Å². The molecule has 0 aliphatic rings. The number of hydrogen-bond donors (Lipinski definition) is 1. The van der Waals surface area contributed by atoms with E-state index in [4.69, 9.17) is 11.6 Å². The number of amides is 1. The van der Waals surface area contributed by atoms with Crippen LogP contribution in [-0.4, -0.2) is 5.91 Å². The van der Waals surface area contributed by atoms with E-state index in [1.54, 1.807) is 30.3 Å². The number of nitrogens with one attached hydrogen (secondary N) is 1. The first kappa shape index (κ1) is 13.6. The van der Waals surface area contributed by atoms with E-state index in [0.29, 0.717) is 16.3 Å². The van der Waals surface area contributed by atoms with E-state index in [-0.39, 0.29) is 18.1 Å². The van der Waals surface area contributed by atoms with Crippen molar-refractivity contribution in [3.8, 4) is 0 Å². The van der Waals surface area contributed by atoms with Gasteiger partial charge in [-0.25, -0.2) is 4.39 Å². The summed E-state index contributed by atoms with van der Waals surface area (Å²) in [5.41, 5.74) is 1.91. The van der Waals surface area contributed by atoms with Crippen LogP contribution in [0.2, 0.25) is 5.02 Å². The lowest BCUT2D eigenvalue weighted by Crippen LogP contribution is -2.15. The molecule has 0 aliphatic carbocycles. The molecule has 19 heavy (non-hydrogen) atoms. The van der Waals surface area contributed by atoms with Crippen molar-refractivity contribution in [2.24, 2.45) is 0 Å². The highest BCUT2D eigenvalue weighted by atomic mass is 35.5. The van der Waals surface area contributed by atoms with Crippen LogP contribution in [0.5, 0.6) is 0 Å². The van der Waals surface area contributed by atoms with Gasteiger partial charge < -0.3 is 5.32 Å². The van der Waals surface area contributed by atoms with Crippen LogP contribution in [0.15, 0.2) is 42.5 Å². The van der Waals surface area contributed by atoms with Crippen LogP contribution in [0, 0.1) is 12.7 Å². The van der Waals surface area contributed by atoms with E-state index < -0.39 is 0 Å². The smallest absolute Gasteiger partial charge is 0.228 e. The molecule has 0 aromatic heterocycles. The van der Waals surface area contributed by atoms with E-state index in [1.165, 1.54) is 6.07 Å². The van der Waals surface area contributed by atoms with Crippen molar-refractivity contribution in [2.75, 3.05) is 5.32 Å². The molecule has 2 aromatic carbocycles. The lowest BCUT2D eigenvalue weighted by Gasteiger charge is -2.08. The first-order chi connectivity index (χ1) is 9.06. The average molecular weight is 278 g/mol. The molecule has 0 heterocycles. The highest BCUT2D eigenvalue weighted by molar-refractivity contribution is 6.33. The van der Waals surface area contributed by atoms with Gasteiger partial charge in [0.05, 0.1) is 17.1 Å². The van der Waals surface area contributed by atoms with Gasteiger partial charge in [0.2, 0.25) is 5.91 Å². The third-order valence-corrected chi connectivity index (χ3v) is 3.02. The fourth-order valence-electron chi connectivity index (χ4n) is 1.73. The van der Waals surface area contributed by atoms with Crippen LogP contribution in [-0.2, 0) is 11.2 Å². The molecule has 0 radical (unpaired) electrons. The minimum Gasteiger partial charge on any atom is -0.324 e. The average Bonchev–Trinajstić information content (AvgIpc) is 2.36. The molecule has 0 saturated carbocycles. The summed E-state index contributed by atoms with van der Waals surface area (Å²) in [5, 5.41) is 3.15. The minimum atomic E-state index is -0.382. The molecule has 0 fully saturated rings. The number of anilines is 1. The third kappa shape index (κ3) is 3.55. The summed E-state index contributed by atoms with van der Waals surface area (Å²) >= 11 is 6.02. The van der Waals surface area contributed by atoms with Gasteiger partial charge >= 0.3 is 0 Å². The molecule has 0 saturated heterocycles. The summed E-state index contributed by atoms with van der Waals surface area (Å²) in [5.74, 6) is -0.677. The zero-order chi connectivity index (χ0) is 13.8. The van der Waals surface area contributed by atoms with E-state index in [0.717, 1.165) is 5.56 Å². The number of rotatable bonds is 3. The molecule has 2 aromatic rings. The van der Waals surface area contributed by atoms with Gasteiger partial charge in [-0.1, -0.05) is 35.9 Å². The van der Waals surface area contributed by atoms with Crippen LogP contribution in [0.3, 0.4) is 0 Å². The van der Waals surface area contributed by atoms with Crippen LogP contribution in [0.4, 0.5) is 10.1 Å². The van der Waals surface area contributed by atoms with Crippen molar-refractivity contribution in [2.45, 2.75) is 13.3 Å². The topological polar surface area (TPSA) is 29.1 Å². The normalized spacial score (nSPS) is 10.3. The number of carbonyl (C=O) groups is 1. The zero-order valence-corrected chi connectivity index (χ0v) is 11.2. The largest absolute Gasteiger partial charge is 0.324 e. The van der Waals surface area contributed by atoms with Gasteiger partial charge in [0.25, 0.3) is 0 Å². The Morgan fingerprint density at radius 3 is 2.68 bits per heavy atom. The van der Waals surface area contributed by atoms with Crippen molar-refractivity contribution < 1.29 is 9.18 Å². The second kappa shape index (κ2) is 5.85. The van der Waals surface area contributed by atoms with E-state index in [2.05, 4.69) is 5.32 Å². The highest BCUT2D eigenvalue weighted by Crippen LogP contribution is 2.23. The molecule has 1 amide bonds. The monoisotopic (exact) mass is 277 g/mol. The Kier molecular flexibility index (Phi) is 4.17. The van der Waals surface area contributed by atoms with Crippen molar-refractivity contribution in [3.05, 3.63) is 64.4 Å². The number of hydrogen-bond acceptors (Lipinski definition) is 1. The summed E-state index contributed by atoms with van der Waals surface area (Å²) in [6.07, 6.45) is -0.0170. The molecule has 0 aliphatic heterocycles. The van der Waals surface area contributed by atoms with E-state index in [9.17, 15) is 9.18 Å². The first-order valence-corrected chi connectivity index (χ1v) is 6.23. The molecule has 0 bridgehead atoms. The summed E-state index contributed by atoms with van der Waals surface area (Å²) in [4.78, 5) is 11.8. The second-order valence-electron chi connectivity index (χ2n) is 4.30. The van der Waals surface area contributed by atoms with E-state index in [1.807, 2.05) is 13.0 Å². The predicted octanol–water partition coefficient (Wildman–Crippen LogP) is 3.97. The van der Waals surface area contributed by atoms with Gasteiger partial charge in [-0.3, -0.25) is 4.79 Å². The Morgan fingerprint density at radius 1 is 1.26 bits per heavy atom. The van der Waals surface area contributed by atoms with Crippen molar-refractivity contribution in [1.29, 1.82) is 0 Å². The number of aryl methyl sites for hydroxylation is 1. The molecule has 4 heteroatoms. The summed E-state index contributed by atoms with van der Waals surface area (Å²) < 4.78 is 13.4. The molecular formula is C15H13ClFNO. The van der Waals surface area contributed by atoms with E-state index >= 15 is 0 Å². The summed E-state index contributed by atoms with van der Waals surface area (Å²) in [6.45, 7) is 1.91. The van der Waals surface area contributed by atoms with Gasteiger partial charge in [-0.05, 0) is 36.2 Å². The lowest BCUT2D eigenvalue weighted by atomic mass is 10.1. The first-order valence-electron chi connectivity index (χ1n) is 5.85. The Balaban J connectivity index is 2.08. The second-order valence-corrected chi connectivity index (χ2v) is 4.71. The summed E-state index contributed by atoms with van der Waals surface area (Å²) in [6, 6.07) is 11.6. The fourth-order valence-corrected chi connectivity index (χ4v) is 2.01. The molecular weight excluding hydrogens is 265 g/mol. The Hall–Kier alpha value is -1.87. The maximum atomic E-state index is 13.4. The zero-order valence-electron chi connectivity index (χ0n) is 10.4. The van der Waals surface area contributed by atoms with Gasteiger partial charge in [0.1, 0.15) is 5.82 Å². The predicted molar refractivity (Wildman–Crippen MR) is 74.9 cm³/mol. The highest BCUT2D eigenvalue weighted by Gasteiger charge is 2.09. The number of benzene rings is 2. The quantitative estimate of drug-likeness (QED) is 0.904. The molecule has 98 valence electrons. The van der Waals surface area contributed by atoms with Crippen LogP contribution in [0.25, 0.3) is 0 Å². The van der Waals surface area contributed by atoms with Gasteiger partial charge in [0, 0.05) is 0 Å². The molecule has 1 N–H and O–H groups in total. The SMILES string of the molecule is Cc1ccc(NC(=O)Cc2ccccc2F)c(Cl)c1. The third-order valence-electron chi connectivity index (χ3n) is 2.71. The van der Waals surface area contributed by atoms with Gasteiger partial charge in [-0.15, -0.1) is 0 Å². The maximum absolute atomic E-state index is 13.4. The number of halogens is 2. The standard InChI is InChI=1S/C15H13ClFNO/c1-10-6-7-14(12(16)8-10)18-15(19)9-11-4-2-3-5-13(11)17/h2-8H,9H2,1H3,(H,18,19). The van der Waals surface area contributed by atoms with Crippen LogP contribution >= 0.6 is 11.6 Å². The Morgan fingerprint density at radius 2 is 2.00 bits per heavy atom. The summed E-state index contributed by atoms with van der Waals surface area (Å²) in [7, 11) is 0. The van der Waals surface area contributed by atoms with Gasteiger partial charge in [0.15, 0.2) is 0 Å². The molecule has 0 spiro atoms. The fraction of sp³-hybridized carbons (Fsp3) is 0.133. The van der Waals surface area contributed by atoms with Gasteiger partial charge in [-0.2, -0.15) is 0 Å². The lowest BCUT2D eigenvalue weighted by molar-refractivity contribution is -0.115. The maximum Gasteiger partial charge on any atom is 0.228 e. The van der Waals surface area contributed by atoms with Crippen LogP contribution in [0.1, 0.15) is 11.1 Å². The molecule has 0 unspecified atom stereocenters. The minimum absolute atomic E-state index is 0.0170. The number of carbonyl (C=O) groups excluding carboxylic acids is 1.